The van der Waals surface area contributed by atoms with Crippen LogP contribution in [0.25, 0.3) is 10.9 Å². The van der Waals surface area contributed by atoms with E-state index in [-0.39, 0.29) is 30.4 Å². The van der Waals surface area contributed by atoms with Crippen LogP contribution in [0, 0.1) is 0 Å². The minimum Gasteiger partial charge on any atom is -0.503 e. The second-order valence-corrected chi connectivity index (χ2v) is 8.07. The van der Waals surface area contributed by atoms with Gasteiger partial charge in [0.2, 0.25) is 5.43 Å². The van der Waals surface area contributed by atoms with Crippen molar-refractivity contribution >= 4 is 22.7 Å². The maximum Gasteiger partial charge on any atom is 0.276 e. The van der Waals surface area contributed by atoms with Gasteiger partial charge in [-0.25, -0.2) is 0 Å². The fraction of sp³-hybridized carbons (Fsp3) is 0.304. The van der Waals surface area contributed by atoms with Crippen LogP contribution in [0.4, 0.5) is 0 Å². The molecule has 32 heavy (non-hydrogen) atoms. The number of hydrogen-bond acceptors (Lipinski definition) is 6. The number of aromatic hydroxyl groups is 1. The van der Waals surface area contributed by atoms with E-state index in [1.54, 1.807) is 17.2 Å². The summed E-state index contributed by atoms with van der Waals surface area (Å²) >= 11 is 0. The number of ether oxygens (including phenoxy) is 1. The zero-order chi connectivity index (χ0) is 22.4. The first kappa shape index (κ1) is 20.2. The third-order valence-corrected chi connectivity index (χ3v) is 6.10. The van der Waals surface area contributed by atoms with Crippen molar-refractivity contribution in [2.75, 3.05) is 6.61 Å². The van der Waals surface area contributed by atoms with Crippen LogP contribution in [0.1, 0.15) is 39.8 Å². The molecule has 0 unspecified atom stereocenters. The highest BCUT2D eigenvalue weighted by Crippen LogP contribution is 2.29. The number of benzene rings is 1. The monoisotopic (exact) mass is 434 g/mol. The summed E-state index contributed by atoms with van der Waals surface area (Å²) in [6.45, 7) is 2.83. The van der Waals surface area contributed by atoms with Crippen LogP contribution in [0.5, 0.6) is 5.75 Å². The van der Waals surface area contributed by atoms with E-state index in [1.165, 1.54) is 10.8 Å². The summed E-state index contributed by atoms with van der Waals surface area (Å²) in [6, 6.07) is 9.29. The molecule has 1 aromatic carbocycles. The molecule has 2 N–H and O–H groups in total. The van der Waals surface area contributed by atoms with E-state index in [0.717, 1.165) is 16.5 Å². The van der Waals surface area contributed by atoms with Crippen molar-refractivity contribution in [1.29, 1.82) is 0 Å². The Morgan fingerprint density at radius 1 is 1.28 bits per heavy atom. The van der Waals surface area contributed by atoms with Gasteiger partial charge in [0, 0.05) is 30.4 Å². The normalized spacial score (nSPS) is 20.0. The van der Waals surface area contributed by atoms with Gasteiger partial charge in [0.05, 0.1) is 18.7 Å². The third kappa shape index (κ3) is 3.21. The predicted molar refractivity (Wildman–Crippen MR) is 115 cm³/mol. The maximum absolute atomic E-state index is 13.0. The van der Waals surface area contributed by atoms with E-state index in [9.17, 15) is 19.5 Å². The number of aromatic nitrogens is 2. The Morgan fingerprint density at radius 2 is 2.09 bits per heavy atom. The fourth-order valence-electron chi connectivity index (χ4n) is 4.40. The standard InChI is InChI=1S/C23H22N4O5/c1-13-7-9-32-18-12-26-11-16(20(28)21(29)19(26)23(31)27(13)18)22(30)25-10-14-6-8-24-17-5-3-2-4-15(14)17/h2-6,8,11,13,18,29H,7,9-10,12H2,1H3,(H,25,30)/t13-,18+/m1/s1. The summed E-state index contributed by atoms with van der Waals surface area (Å²) in [6.07, 6.45) is 3.17. The minimum absolute atomic E-state index is 0.0670. The van der Waals surface area contributed by atoms with Crippen molar-refractivity contribution in [3.63, 3.8) is 0 Å². The van der Waals surface area contributed by atoms with Crippen LogP contribution in [-0.4, -0.2) is 50.2 Å². The molecule has 5 rings (SSSR count). The lowest BCUT2D eigenvalue weighted by molar-refractivity contribution is -0.112. The molecule has 2 aromatic heterocycles. The number of carbonyl (C=O) groups excluding carboxylic acids is 2. The molecule has 1 saturated heterocycles. The molecule has 0 aliphatic carbocycles. The van der Waals surface area contributed by atoms with Gasteiger partial charge in [0.25, 0.3) is 11.8 Å². The zero-order valence-electron chi connectivity index (χ0n) is 17.4. The van der Waals surface area contributed by atoms with Gasteiger partial charge in [-0.15, -0.1) is 0 Å². The number of rotatable bonds is 3. The van der Waals surface area contributed by atoms with Crippen LogP contribution in [0.3, 0.4) is 0 Å². The molecule has 2 aliphatic heterocycles. The van der Waals surface area contributed by atoms with E-state index in [0.29, 0.717) is 13.0 Å². The molecule has 4 heterocycles. The molecule has 0 bridgehead atoms. The molecule has 1 fully saturated rings. The quantitative estimate of drug-likeness (QED) is 0.648. The summed E-state index contributed by atoms with van der Waals surface area (Å²) < 4.78 is 7.15. The van der Waals surface area contributed by atoms with Gasteiger partial charge < -0.3 is 24.6 Å². The average Bonchev–Trinajstić information content (AvgIpc) is 2.79. The highest BCUT2D eigenvalue weighted by Gasteiger charge is 2.41. The number of para-hydroxylation sites is 1. The van der Waals surface area contributed by atoms with Gasteiger partial charge >= 0.3 is 0 Å². The number of nitrogens with one attached hydrogen (secondary N) is 1. The second-order valence-electron chi connectivity index (χ2n) is 8.07. The number of fused-ring (bicyclic) bond motifs is 3. The van der Waals surface area contributed by atoms with E-state index in [4.69, 9.17) is 4.74 Å². The molecule has 0 saturated carbocycles. The van der Waals surface area contributed by atoms with Gasteiger partial charge in [0.1, 0.15) is 5.56 Å². The molecule has 2 aliphatic rings. The summed E-state index contributed by atoms with van der Waals surface area (Å²) in [5.41, 5.74) is 0.442. The van der Waals surface area contributed by atoms with Gasteiger partial charge in [-0.1, -0.05) is 18.2 Å². The second kappa shape index (κ2) is 7.76. The van der Waals surface area contributed by atoms with Crippen LogP contribution in [0.15, 0.2) is 47.5 Å². The van der Waals surface area contributed by atoms with Gasteiger partial charge in [-0.3, -0.25) is 19.4 Å². The van der Waals surface area contributed by atoms with Crippen molar-refractivity contribution in [3.05, 3.63) is 69.8 Å². The molecule has 164 valence electrons. The Morgan fingerprint density at radius 3 is 2.94 bits per heavy atom. The Bertz CT molecular complexity index is 1300. The Kier molecular flexibility index (Phi) is 4.90. The summed E-state index contributed by atoms with van der Waals surface area (Å²) in [5.74, 6) is -1.82. The average molecular weight is 434 g/mol. The number of hydrogen-bond donors (Lipinski definition) is 2. The lowest BCUT2D eigenvalue weighted by Gasteiger charge is -2.44. The minimum atomic E-state index is -0.870. The van der Waals surface area contributed by atoms with E-state index >= 15 is 0 Å². The first-order valence-electron chi connectivity index (χ1n) is 10.5. The highest BCUT2D eigenvalue weighted by molar-refractivity contribution is 5.99. The summed E-state index contributed by atoms with van der Waals surface area (Å²) in [4.78, 5) is 44.4. The Balaban J connectivity index is 1.45. The van der Waals surface area contributed by atoms with E-state index in [1.807, 2.05) is 31.2 Å². The SMILES string of the molecule is C[C@@H]1CCO[C@H]2Cn3cc(C(=O)NCc4ccnc5ccccc45)c(=O)c(O)c3C(=O)N12. The smallest absolute Gasteiger partial charge is 0.276 e. The molecular weight excluding hydrogens is 412 g/mol. The number of carbonyl (C=O) groups is 2. The summed E-state index contributed by atoms with van der Waals surface area (Å²) in [7, 11) is 0. The maximum atomic E-state index is 13.0. The third-order valence-electron chi connectivity index (χ3n) is 6.10. The van der Waals surface area contributed by atoms with Crippen LogP contribution in [-0.2, 0) is 17.8 Å². The lowest BCUT2D eigenvalue weighted by atomic mass is 10.1. The van der Waals surface area contributed by atoms with Crippen molar-refractivity contribution in [2.45, 2.75) is 38.7 Å². The Hall–Kier alpha value is -3.72. The molecule has 9 nitrogen and oxygen atoms in total. The molecule has 9 heteroatoms. The van der Waals surface area contributed by atoms with E-state index < -0.39 is 29.2 Å². The van der Waals surface area contributed by atoms with E-state index in [2.05, 4.69) is 10.3 Å². The topological polar surface area (TPSA) is 114 Å². The molecule has 0 spiro atoms. The van der Waals surface area contributed by atoms with Crippen LogP contribution < -0.4 is 10.7 Å². The summed E-state index contributed by atoms with van der Waals surface area (Å²) in [5, 5.41) is 14.2. The van der Waals surface area contributed by atoms with Crippen molar-refractivity contribution in [3.8, 4) is 5.75 Å². The van der Waals surface area contributed by atoms with Crippen LogP contribution in [0.2, 0.25) is 0 Å². The first-order valence-corrected chi connectivity index (χ1v) is 10.5. The predicted octanol–water partition coefficient (Wildman–Crippen LogP) is 1.62. The van der Waals surface area contributed by atoms with Gasteiger partial charge in [0.15, 0.2) is 17.7 Å². The van der Waals surface area contributed by atoms with Crippen molar-refractivity contribution in [2.24, 2.45) is 0 Å². The number of pyridine rings is 2. The van der Waals surface area contributed by atoms with Gasteiger partial charge in [-0.2, -0.15) is 0 Å². The first-order chi connectivity index (χ1) is 15.5. The molecule has 3 aromatic rings. The number of nitrogens with zero attached hydrogens (tertiary/aromatic N) is 3. The molecule has 2 atom stereocenters. The number of amides is 2. The van der Waals surface area contributed by atoms with Crippen molar-refractivity contribution in [1.82, 2.24) is 19.8 Å². The Labute approximate surface area is 183 Å². The van der Waals surface area contributed by atoms with Crippen molar-refractivity contribution < 1.29 is 19.4 Å². The molecule has 0 radical (unpaired) electrons. The molecule has 2 amide bonds. The lowest BCUT2D eigenvalue weighted by Crippen LogP contribution is -2.57. The zero-order valence-corrected chi connectivity index (χ0v) is 17.4. The highest BCUT2D eigenvalue weighted by atomic mass is 16.5. The molecular formula is C23H22N4O5. The van der Waals surface area contributed by atoms with Crippen LogP contribution >= 0.6 is 0 Å². The van der Waals surface area contributed by atoms with Gasteiger partial charge in [-0.05, 0) is 31.0 Å². The fourth-order valence-corrected chi connectivity index (χ4v) is 4.40. The largest absolute Gasteiger partial charge is 0.503 e.